The quantitative estimate of drug-likeness (QED) is 0.484. The lowest BCUT2D eigenvalue weighted by Gasteiger charge is -2.38. The van der Waals surface area contributed by atoms with Crippen LogP contribution in [0.4, 0.5) is 0 Å². The van der Waals surface area contributed by atoms with Crippen molar-refractivity contribution < 1.29 is 19.1 Å². The normalized spacial score (nSPS) is 17.6. The zero-order valence-corrected chi connectivity index (χ0v) is 23.2. The third kappa shape index (κ3) is 7.80. The molecule has 2 saturated heterocycles. The van der Waals surface area contributed by atoms with Crippen LogP contribution >= 0.6 is 24.8 Å². The molecular formula is C27H38Cl2N4O4. The van der Waals surface area contributed by atoms with Crippen LogP contribution in [-0.2, 0) is 20.9 Å². The molecule has 1 atom stereocenters. The van der Waals surface area contributed by atoms with Crippen LogP contribution in [0.2, 0.25) is 0 Å². The molecule has 2 fully saturated rings. The molecule has 2 amide bonds. The van der Waals surface area contributed by atoms with Gasteiger partial charge in [-0.05, 0) is 68.1 Å². The number of nitrogens with zero attached hydrogens (tertiary/aromatic N) is 3. The minimum absolute atomic E-state index is 0. The minimum atomic E-state index is -0.225. The van der Waals surface area contributed by atoms with E-state index in [1.54, 1.807) is 13.3 Å². The number of ether oxygens (including phenoxy) is 2. The SMILES string of the molecule is COCC(=O)NC(CCN1CCC2(CC1)CCN(Cc1cccnc1)C2=O)c1cccc(OC)c1.Cl.Cl. The second kappa shape index (κ2) is 14.5. The van der Waals surface area contributed by atoms with Crippen molar-refractivity contribution in [1.82, 2.24) is 20.1 Å². The lowest BCUT2D eigenvalue weighted by Crippen LogP contribution is -2.45. The van der Waals surface area contributed by atoms with Crippen molar-refractivity contribution in [3.8, 4) is 5.75 Å². The Morgan fingerprint density at radius 3 is 2.54 bits per heavy atom. The fourth-order valence-corrected chi connectivity index (χ4v) is 5.28. The lowest BCUT2D eigenvalue weighted by atomic mass is 9.77. The van der Waals surface area contributed by atoms with Gasteiger partial charge in [-0.15, -0.1) is 24.8 Å². The Kier molecular flexibility index (Phi) is 12.1. The van der Waals surface area contributed by atoms with Gasteiger partial charge in [-0.3, -0.25) is 14.6 Å². The zero-order valence-electron chi connectivity index (χ0n) is 21.6. The fourth-order valence-electron chi connectivity index (χ4n) is 5.28. The lowest BCUT2D eigenvalue weighted by molar-refractivity contribution is -0.139. The molecule has 1 aromatic heterocycles. The summed E-state index contributed by atoms with van der Waals surface area (Å²) in [6.45, 7) is 4.12. The predicted octanol–water partition coefficient (Wildman–Crippen LogP) is 3.64. The first kappa shape index (κ1) is 30.8. The molecule has 8 nitrogen and oxygen atoms in total. The number of halogens is 2. The van der Waals surface area contributed by atoms with E-state index in [9.17, 15) is 9.59 Å². The average molecular weight is 554 g/mol. The molecule has 1 N–H and O–H groups in total. The van der Waals surface area contributed by atoms with Crippen LogP contribution in [0.25, 0.3) is 0 Å². The van der Waals surface area contributed by atoms with Crippen molar-refractivity contribution in [3.63, 3.8) is 0 Å². The number of hydrogen-bond donors (Lipinski definition) is 1. The number of likely N-dealkylation sites (tertiary alicyclic amines) is 2. The molecule has 3 heterocycles. The second-order valence-corrected chi connectivity index (χ2v) is 9.58. The minimum Gasteiger partial charge on any atom is -0.497 e. The topological polar surface area (TPSA) is 84.0 Å². The molecule has 2 aliphatic rings. The van der Waals surface area contributed by atoms with Crippen LogP contribution in [0.5, 0.6) is 5.75 Å². The van der Waals surface area contributed by atoms with Crippen LogP contribution in [0, 0.1) is 5.41 Å². The number of rotatable bonds is 10. The molecule has 2 aromatic rings. The van der Waals surface area contributed by atoms with Gasteiger partial charge in [-0.2, -0.15) is 0 Å². The highest BCUT2D eigenvalue weighted by molar-refractivity contribution is 5.86. The highest BCUT2D eigenvalue weighted by Crippen LogP contribution is 2.42. The highest BCUT2D eigenvalue weighted by atomic mass is 35.5. The van der Waals surface area contributed by atoms with Crippen molar-refractivity contribution in [2.75, 3.05) is 47.0 Å². The van der Waals surface area contributed by atoms with Gasteiger partial charge in [0.15, 0.2) is 0 Å². The molecule has 37 heavy (non-hydrogen) atoms. The molecule has 0 aliphatic carbocycles. The van der Waals surface area contributed by atoms with Gasteiger partial charge in [-0.1, -0.05) is 18.2 Å². The number of hydrogen-bond acceptors (Lipinski definition) is 6. The number of aromatic nitrogens is 1. The van der Waals surface area contributed by atoms with E-state index in [2.05, 4.69) is 15.2 Å². The molecule has 204 valence electrons. The Morgan fingerprint density at radius 2 is 1.86 bits per heavy atom. The van der Waals surface area contributed by atoms with Gasteiger partial charge < -0.3 is 24.6 Å². The number of nitrogens with one attached hydrogen (secondary N) is 1. The molecular weight excluding hydrogens is 515 g/mol. The Balaban J connectivity index is 0.00000241. The van der Waals surface area contributed by atoms with Crippen molar-refractivity contribution in [2.45, 2.75) is 38.3 Å². The highest BCUT2D eigenvalue weighted by Gasteiger charge is 2.47. The van der Waals surface area contributed by atoms with Crippen molar-refractivity contribution >= 4 is 36.6 Å². The number of carbonyl (C=O) groups excluding carboxylic acids is 2. The summed E-state index contributed by atoms with van der Waals surface area (Å²) in [5.74, 6) is 0.925. The maximum atomic E-state index is 13.3. The maximum Gasteiger partial charge on any atom is 0.246 e. The first-order valence-electron chi connectivity index (χ1n) is 12.4. The van der Waals surface area contributed by atoms with Gasteiger partial charge in [0.05, 0.1) is 18.6 Å². The van der Waals surface area contributed by atoms with Gasteiger partial charge in [-0.25, -0.2) is 0 Å². The van der Waals surface area contributed by atoms with Crippen molar-refractivity contribution in [3.05, 3.63) is 59.9 Å². The van der Waals surface area contributed by atoms with Gasteiger partial charge in [0.1, 0.15) is 12.4 Å². The van der Waals surface area contributed by atoms with E-state index in [-0.39, 0.29) is 48.8 Å². The van der Waals surface area contributed by atoms with E-state index < -0.39 is 0 Å². The summed E-state index contributed by atoms with van der Waals surface area (Å²) in [4.78, 5) is 34.2. The molecule has 0 saturated carbocycles. The zero-order chi connectivity index (χ0) is 24.7. The van der Waals surface area contributed by atoms with Crippen LogP contribution in [0.1, 0.15) is 42.9 Å². The third-order valence-corrected chi connectivity index (χ3v) is 7.35. The van der Waals surface area contributed by atoms with Crippen LogP contribution in [0.3, 0.4) is 0 Å². The van der Waals surface area contributed by atoms with Gasteiger partial charge in [0.25, 0.3) is 0 Å². The first-order chi connectivity index (χ1) is 17.0. The summed E-state index contributed by atoms with van der Waals surface area (Å²) in [6.07, 6.45) is 7.07. The van der Waals surface area contributed by atoms with Crippen molar-refractivity contribution in [1.29, 1.82) is 0 Å². The van der Waals surface area contributed by atoms with Crippen molar-refractivity contribution in [2.24, 2.45) is 5.41 Å². The Morgan fingerprint density at radius 1 is 1.11 bits per heavy atom. The third-order valence-electron chi connectivity index (χ3n) is 7.35. The standard InChI is InChI=1S/C27H36N4O4.2ClH/c1-34-20-25(32)29-24(22-6-3-7-23(17-22)35-2)8-13-30-14-9-27(10-15-30)11-16-31(26(27)33)19-21-5-4-12-28-18-21;;/h3-7,12,17-18,24H,8-11,13-16,19-20H2,1-2H3,(H,29,32);2*1H. The van der Waals surface area contributed by atoms with Gasteiger partial charge in [0, 0.05) is 39.1 Å². The van der Waals surface area contributed by atoms with E-state index in [1.807, 2.05) is 47.5 Å². The molecule has 1 aromatic carbocycles. The van der Waals surface area contributed by atoms with Gasteiger partial charge in [0.2, 0.25) is 11.8 Å². The van der Waals surface area contributed by atoms with Crippen LogP contribution < -0.4 is 10.1 Å². The van der Waals surface area contributed by atoms with E-state index in [0.717, 1.165) is 68.7 Å². The van der Waals surface area contributed by atoms with Gasteiger partial charge >= 0.3 is 0 Å². The smallest absolute Gasteiger partial charge is 0.246 e. The number of amides is 2. The number of pyridine rings is 1. The molecule has 1 unspecified atom stereocenters. The first-order valence-corrected chi connectivity index (χ1v) is 12.4. The average Bonchev–Trinajstić information content (AvgIpc) is 3.18. The number of benzene rings is 1. The van der Waals surface area contributed by atoms with E-state index in [1.165, 1.54) is 7.11 Å². The largest absolute Gasteiger partial charge is 0.497 e. The summed E-state index contributed by atoms with van der Waals surface area (Å²) in [7, 11) is 3.16. The van der Waals surface area contributed by atoms with E-state index in [0.29, 0.717) is 12.5 Å². The monoisotopic (exact) mass is 552 g/mol. The molecule has 10 heteroatoms. The number of carbonyl (C=O) groups is 2. The maximum absolute atomic E-state index is 13.3. The Labute approximate surface area is 231 Å². The van der Waals surface area contributed by atoms with Crippen LogP contribution in [-0.4, -0.2) is 73.6 Å². The molecule has 1 spiro atoms. The Bertz CT molecular complexity index is 1000. The molecule has 0 bridgehead atoms. The molecule has 0 radical (unpaired) electrons. The Hall–Kier alpha value is -2.39. The summed E-state index contributed by atoms with van der Waals surface area (Å²) < 4.78 is 10.4. The number of methoxy groups -OCH3 is 2. The summed E-state index contributed by atoms with van der Waals surface area (Å²) in [5.41, 5.74) is 1.87. The number of piperidine rings is 1. The summed E-state index contributed by atoms with van der Waals surface area (Å²) in [6, 6.07) is 11.6. The van der Waals surface area contributed by atoms with E-state index in [4.69, 9.17) is 9.47 Å². The second-order valence-electron chi connectivity index (χ2n) is 9.58. The molecule has 4 rings (SSSR count). The van der Waals surface area contributed by atoms with Crippen LogP contribution in [0.15, 0.2) is 48.8 Å². The molecule has 2 aliphatic heterocycles. The van der Waals surface area contributed by atoms with E-state index >= 15 is 0 Å². The summed E-state index contributed by atoms with van der Waals surface area (Å²) in [5, 5.41) is 3.10. The predicted molar refractivity (Wildman–Crippen MR) is 147 cm³/mol. The summed E-state index contributed by atoms with van der Waals surface area (Å²) >= 11 is 0. The fraction of sp³-hybridized carbons (Fsp3) is 0.519.